The molecule has 0 fully saturated rings. The normalized spacial score (nSPS) is 16.1. The van der Waals surface area contributed by atoms with E-state index in [1.165, 1.54) is 18.1 Å². The van der Waals surface area contributed by atoms with Gasteiger partial charge in [-0.15, -0.1) is 0 Å². The lowest BCUT2D eigenvalue weighted by atomic mass is 9.95. The lowest BCUT2D eigenvalue weighted by molar-refractivity contribution is -0.117. The molecule has 164 valence electrons. The Balaban J connectivity index is 1.88. The number of Topliss-reactive ketones (excluding diaryl/α,β-unsaturated/α-hetero) is 1. The van der Waals surface area contributed by atoms with E-state index in [1.807, 2.05) is 0 Å². The Morgan fingerprint density at radius 2 is 2.00 bits per heavy atom. The van der Waals surface area contributed by atoms with Crippen molar-refractivity contribution in [2.45, 2.75) is 19.9 Å². The second kappa shape index (κ2) is 8.25. The monoisotopic (exact) mass is 472 g/mol. The molecule has 3 heterocycles. The largest absolute Gasteiger partial charge is 0.503 e. The minimum Gasteiger partial charge on any atom is -0.503 e. The van der Waals surface area contributed by atoms with Gasteiger partial charge in [0, 0.05) is 5.02 Å². The number of aliphatic hydroxyl groups is 1. The Bertz CT molecular complexity index is 1290. The van der Waals surface area contributed by atoms with Crippen molar-refractivity contribution in [2.24, 2.45) is 0 Å². The summed E-state index contributed by atoms with van der Waals surface area (Å²) in [6, 6.07) is 8.64. The maximum atomic E-state index is 13.3. The van der Waals surface area contributed by atoms with Gasteiger partial charge in [-0.25, -0.2) is 9.78 Å². The molecule has 8 nitrogen and oxygen atoms in total. The van der Waals surface area contributed by atoms with Crippen molar-refractivity contribution in [3.05, 3.63) is 80.4 Å². The molecule has 0 aliphatic carbocycles. The van der Waals surface area contributed by atoms with Crippen LogP contribution in [0.4, 0.5) is 5.13 Å². The van der Waals surface area contributed by atoms with Gasteiger partial charge in [-0.2, -0.15) is 0 Å². The van der Waals surface area contributed by atoms with E-state index in [4.69, 9.17) is 20.8 Å². The zero-order valence-electron chi connectivity index (χ0n) is 17.2. The van der Waals surface area contributed by atoms with E-state index >= 15 is 0 Å². The Morgan fingerprint density at radius 1 is 1.25 bits per heavy atom. The van der Waals surface area contributed by atoms with Crippen LogP contribution in [-0.2, 0) is 9.53 Å². The van der Waals surface area contributed by atoms with Gasteiger partial charge in [-0.3, -0.25) is 14.5 Å². The number of halogens is 1. The topological polar surface area (TPSA) is 110 Å². The number of carbonyl (C=O) groups is 3. The summed E-state index contributed by atoms with van der Waals surface area (Å²) in [6.45, 7) is 3.28. The van der Waals surface area contributed by atoms with Crippen LogP contribution in [-0.4, -0.2) is 34.9 Å². The van der Waals surface area contributed by atoms with E-state index < -0.39 is 29.5 Å². The number of nitrogens with zero attached hydrogens (tertiary/aromatic N) is 2. The van der Waals surface area contributed by atoms with Crippen LogP contribution in [0.5, 0.6) is 0 Å². The van der Waals surface area contributed by atoms with Gasteiger partial charge in [0.25, 0.3) is 5.91 Å². The van der Waals surface area contributed by atoms with E-state index in [0.29, 0.717) is 22.0 Å². The molecule has 1 aliphatic rings. The number of benzene rings is 1. The first-order chi connectivity index (χ1) is 15.2. The first-order valence-corrected chi connectivity index (χ1v) is 10.6. The molecule has 1 N–H and O–H groups in total. The van der Waals surface area contributed by atoms with Gasteiger partial charge in [0.05, 0.1) is 24.4 Å². The quantitative estimate of drug-likeness (QED) is 0.427. The third-order valence-electron chi connectivity index (χ3n) is 4.94. The van der Waals surface area contributed by atoms with Crippen LogP contribution in [0.15, 0.2) is 52.1 Å². The third kappa shape index (κ3) is 3.59. The first-order valence-electron chi connectivity index (χ1n) is 9.42. The number of furan rings is 1. The van der Waals surface area contributed by atoms with Gasteiger partial charge in [0.2, 0.25) is 5.78 Å². The standard InChI is InChI=1S/C22H17ClN2O6S/c1-10-7-8-14(31-10)17(26)15-16(12-5-4-6-13(23)9-12)25(20(28)18(15)27)22-24-11(2)19(32-22)21(29)30-3/h4-9,16,27H,1-3H3/t16-/m0/s1. The lowest BCUT2D eigenvalue weighted by Crippen LogP contribution is -2.31. The maximum Gasteiger partial charge on any atom is 0.350 e. The number of ketones is 1. The highest BCUT2D eigenvalue weighted by Crippen LogP contribution is 2.44. The van der Waals surface area contributed by atoms with Gasteiger partial charge in [-0.1, -0.05) is 35.1 Å². The number of esters is 1. The number of thiazole rings is 1. The molecule has 32 heavy (non-hydrogen) atoms. The number of aryl methyl sites for hydroxylation is 2. The molecular formula is C22H17ClN2O6S. The molecule has 0 bridgehead atoms. The van der Waals surface area contributed by atoms with Crippen molar-refractivity contribution in [1.29, 1.82) is 0 Å². The molecule has 1 atom stereocenters. The number of carbonyl (C=O) groups excluding carboxylic acids is 3. The van der Waals surface area contributed by atoms with Crippen molar-refractivity contribution in [2.75, 3.05) is 12.0 Å². The second-order valence-electron chi connectivity index (χ2n) is 7.04. The first kappa shape index (κ1) is 21.8. The molecule has 1 amide bonds. The van der Waals surface area contributed by atoms with Crippen molar-refractivity contribution in [1.82, 2.24) is 4.98 Å². The summed E-state index contributed by atoms with van der Waals surface area (Å²) in [6.07, 6.45) is 0. The highest BCUT2D eigenvalue weighted by Gasteiger charge is 2.46. The summed E-state index contributed by atoms with van der Waals surface area (Å²) in [5, 5.41) is 11.2. The van der Waals surface area contributed by atoms with Crippen LogP contribution < -0.4 is 4.90 Å². The van der Waals surface area contributed by atoms with Gasteiger partial charge in [0.15, 0.2) is 16.7 Å². The fourth-order valence-corrected chi connectivity index (χ4v) is 4.69. The van der Waals surface area contributed by atoms with Crippen LogP contribution in [0.2, 0.25) is 5.02 Å². The Morgan fingerprint density at radius 3 is 2.62 bits per heavy atom. The van der Waals surface area contributed by atoms with Crippen molar-refractivity contribution in [3.63, 3.8) is 0 Å². The Hall–Kier alpha value is -3.43. The number of rotatable bonds is 5. The third-order valence-corrected chi connectivity index (χ3v) is 6.32. The number of anilines is 1. The molecule has 0 unspecified atom stereocenters. The minimum atomic E-state index is -1.03. The summed E-state index contributed by atoms with van der Waals surface area (Å²) in [5.74, 6) is -2.30. The van der Waals surface area contributed by atoms with Crippen LogP contribution in [0.3, 0.4) is 0 Å². The number of ether oxygens (including phenoxy) is 1. The predicted octanol–water partition coefficient (Wildman–Crippen LogP) is 4.58. The van der Waals surface area contributed by atoms with Gasteiger partial charge in [-0.05, 0) is 43.7 Å². The van der Waals surface area contributed by atoms with Gasteiger partial charge < -0.3 is 14.3 Å². The summed E-state index contributed by atoms with van der Waals surface area (Å²) < 4.78 is 10.2. The van der Waals surface area contributed by atoms with Crippen molar-refractivity contribution >= 4 is 45.7 Å². The van der Waals surface area contributed by atoms with Crippen LogP contribution in [0.25, 0.3) is 0 Å². The molecule has 0 saturated carbocycles. The number of hydrogen-bond donors (Lipinski definition) is 1. The molecule has 10 heteroatoms. The molecule has 4 rings (SSSR count). The fourth-order valence-electron chi connectivity index (χ4n) is 3.48. The number of aromatic nitrogens is 1. The highest BCUT2D eigenvalue weighted by molar-refractivity contribution is 7.17. The molecule has 3 aromatic rings. The van der Waals surface area contributed by atoms with Gasteiger partial charge >= 0.3 is 5.97 Å². The lowest BCUT2D eigenvalue weighted by Gasteiger charge is -2.24. The average Bonchev–Trinajstić information content (AvgIpc) is 3.43. The summed E-state index contributed by atoms with van der Waals surface area (Å²) in [4.78, 5) is 44.2. The number of methoxy groups -OCH3 is 1. The minimum absolute atomic E-state index is 0.0173. The zero-order valence-corrected chi connectivity index (χ0v) is 18.8. The van der Waals surface area contributed by atoms with E-state index in [0.717, 1.165) is 11.3 Å². The number of amides is 1. The summed E-state index contributed by atoms with van der Waals surface area (Å²) >= 11 is 7.09. The second-order valence-corrected chi connectivity index (χ2v) is 8.45. The summed E-state index contributed by atoms with van der Waals surface area (Å²) in [7, 11) is 1.24. The number of hydrogen-bond acceptors (Lipinski definition) is 8. The molecule has 1 aromatic carbocycles. The van der Waals surface area contributed by atoms with Gasteiger partial charge in [0.1, 0.15) is 10.6 Å². The SMILES string of the molecule is COC(=O)c1sc(N2C(=O)C(O)=C(C(=O)c3ccc(C)o3)[C@@H]2c2cccc(Cl)c2)nc1C. The Kier molecular flexibility index (Phi) is 5.62. The van der Waals surface area contributed by atoms with Crippen molar-refractivity contribution in [3.8, 4) is 0 Å². The molecule has 0 saturated heterocycles. The zero-order chi connectivity index (χ0) is 23.2. The van der Waals surface area contributed by atoms with Crippen LogP contribution >= 0.6 is 22.9 Å². The van der Waals surface area contributed by atoms with E-state index in [9.17, 15) is 19.5 Å². The molecule has 0 radical (unpaired) electrons. The number of aliphatic hydroxyl groups excluding tert-OH is 1. The Labute approximate surface area is 191 Å². The maximum absolute atomic E-state index is 13.3. The van der Waals surface area contributed by atoms with Crippen LogP contribution in [0, 0.1) is 13.8 Å². The average molecular weight is 473 g/mol. The smallest absolute Gasteiger partial charge is 0.350 e. The highest BCUT2D eigenvalue weighted by atomic mass is 35.5. The van der Waals surface area contributed by atoms with E-state index in [-0.39, 0.29) is 21.3 Å². The fraction of sp³-hybridized carbons (Fsp3) is 0.182. The molecular weight excluding hydrogens is 456 g/mol. The molecule has 0 spiro atoms. The molecule has 2 aromatic heterocycles. The summed E-state index contributed by atoms with van der Waals surface area (Å²) in [5.41, 5.74) is 0.670. The molecule has 1 aliphatic heterocycles. The predicted molar refractivity (Wildman–Crippen MR) is 117 cm³/mol. The van der Waals surface area contributed by atoms with Crippen LogP contribution in [0.1, 0.15) is 43.3 Å². The van der Waals surface area contributed by atoms with Crippen molar-refractivity contribution < 1.29 is 28.6 Å². The van der Waals surface area contributed by atoms with E-state index in [1.54, 1.807) is 44.2 Å². The van der Waals surface area contributed by atoms with E-state index in [2.05, 4.69) is 4.98 Å².